The van der Waals surface area contributed by atoms with Crippen molar-refractivity contribution in [2.24, 2.45) is 11.8 Å². The number of fused-ring (bicyclic) bond motifs is 4. The highest BCUT2D eigenvalue weighted by Gasteiger charge is 2.76. The predicted molar refractivity (Wildman–Crippen MR) is 209 cm³/mol. The SMILES string of the molecule is COC1=CC2CC3C(N4CCCC4)c4o[n+](C5=C(OC)C67OC5CC6C(N5CCCC5)c5onc(OCc6ccccc6)c5C7=O)c(OCc5ccccc5)c4C(=O)C13O2. The van der Waals surface area contributed by atoms with E-state index >= 15 is 9.59 Å². The van der Waals surface area contributed by atoms with Crippen LogP contribution in [-0.2, 0) is 32.2 Å². The molecule has 8 heterocycles. The summed E-state index contributed by atoms with van der Waals surface area (Å²) in [5.74, 6) is 1.03. The summed E-state index contributed by atoms with van der Waals surface area (Å²) in [6.45, 7) is 3.75. The van der Waals surface area contributed by atoms with Crippen LogP contribution in [0.4, 0.5) is 0 Å². The van der Waals surface area contributed by atoms with Gasteiger partial charge in [-0.25, -0.2) is 4.52 Å². The molecule has 4 fully saturated rings. The lowest BCUT2D eigenvalue weighted by Gasteiger charge is -2.42. The number of ketones is 2. The number of rotatable bonds is 11. The highest BCUT2D eigenvalue weighted by atomic mass is 16.6. The van der Waals surface area contributed by atoms with Crippen LogP contribution >= 0.6 is 0 Å². The Balaban J connectivity index is 1.03. The predicted octanol–water partition coefficient (Wildman–Crippen LogP) is 5.74. The van der Waals surface area contributed by atoms with Crippen molar-refractivity contribution in [2.45, 2.75) is 87.2 Å². The van der Waals surface area contributed by atoms with E-state index in [0.29, 0.717) is 47.1 Å². The Morgan fingerprint density at radius 1 is 0.733 bits per heavy atom. The number of carbonyl (C=O) groups excluding carboxylic acids is 2. The summed E-state index contributed by atoms with van der Waals surface area (Å²) in [4.78, 5) is 35.6. The highest BCUT2D eigenvalue weighted by Crippen LogP contribution is 2.64. The number of methoxy groups -OCH3 is 2. The molecule has 2 aliphatic carbocycles. The zero-order chi connectivity index (χ0) is 40.3. The number of hydrogen-bond donors (Lipinski definition) is 0. The van der Waals surface area contributed by atoms with Crippen molar-refractivity contribution in [3.8, 4) is 11.8 Å². The minimum atomic E-state index is -1.55. The molecule has 60 heavy (non-hydrogen) atoms. The van der Waals surface area contributed by atoms with Crippen LogP contribution < -0.4 is 14.2 Å². The van der Waals surface area contributed by atoms with Gasteiger partial charge in [0.1, 0.15) is 24.5 Å². The lowest BCUT2D eigenvalue weighted by molar-refractivity contribution is -0.780. The number of aromatic nitrogens is 2. The average molecular weight is 816 g/mol. The van der Waals surface area contributed by atoms with Crippen molar-refractivity contribution in [3.05, 3.63) is 112 Å². The van der Waals surface area contributed by atoms with Crippen molar-refractivity contribution < 1.29 is 51.8 Å². The van der Waals surface area contributed by atoms with E-state index in [0.717, 1.165) is 63.0 Å². The Hall–Kier alpha value is -5.28. The third kappa shape index (κ3) is 4.90. The summed E-state index contributed by atoms with van der Waals surface area (Å²) >= 11 is 0. The molecular weight excluding hydrogens is 769 g/mol. The minimum absolute atomic E-state index is 0.126. The van der Waals surface area contributed by atoms with E-state index in [9.17, 15) is 0 Å². The number of nitrogens with zero attached hydrogens (tertiary/aromatic N) is 4. The van der Waals surface area contributed by atoms with E-state index in [-0.39, 0.29) is 72.1 Å². The lowest BCUT2D eigenvalue weighted by Crippen LogP contribution is -2.55. The van der Waals surface area contributed by atoms with Crippen molar-refractivity contribution in [1.29, 1.82) is 0 Å². The fourth-order valence-corrected chi connectivity index (χ4v) is 11.9. The van der Waals surface area contributed by atoms with Crippen molar-refractivity contribution in [2.75, 3.05) is 40.4 Å². The molecule has 4 bridgehead atoms. The third-order valence-electron chi connectivity index (χ3n) is 14.3. The van der Waals surface area contributed by atoms with Gasteiger partial charge < -0.3 is 32.9 Å². The second kappa shape index (κ2) is 13.6. The van der Waals surface area contributed by atoms with Crippen LogP contribution in [0.3, 0.4) is 0 Å². The van der Waals surface area contributed by atoms with Crippen molar-refractivity contribution in [3.63, 3.8) is 0 Å². The smallest absolute Gasteiger partial charge is 0.433 e. The highest BCUT2D eigenvalue weighted by molar-refractivity contribution is 6.11. The zero-order valence-corrected chi connectivity index (χ0v) is 33.7. The van der Waals surface area contributed by atoms with E-state index in [1.165, 1.54) is 0 Å². The molecular formula is C46H47N4O10+. The molecule has 8 atom stereocenters. The molecule has 2 spiro atoms. The topological polar surface area (TPSA) is 139 Å². The van der Waals surface area contributed by atoms with Gasteiger partial charge in [-0.15, -0.1) is 0 Å². The molecule has 6 aliphatic heterocycles. The minimum Gasteiger partial charge on any atom is -0.498 e. The first kappa shape index (κ1) is 36.6. The monoisotopic (exact) mass is 815 g/mol. The average Bonchev–Trinajstić information content (AvgIpc) is 4.14. The molecule has 0 saturated carbocycles. The van der Waals surface area contributed by atoms with Gasteiger partial charge in [0.15, 0.2) is 23.0 Å². The van der Waals surface area contributed by atoms with E-state index in [1.54, 1.807) is 19.0 Å². The molecule has 14 nitrogen and oxygen atoms in total. The van der Waals surface area contributed by atoms with Gasteiger partial charge in [-0.1, -0.05) is 60.7 Å². The first-order valence-electron chi connectivity index (χ1n) is 21.4. The van der Waals surface area contributed by atoms with E-state index in [4.69, 9.17) is 37.5 Å². The number of likely N-dealkylation sites (tertiary alicyclic amines) is 2. The van der Waals surface area contributed by atoms with Gasteiger partial charge in [0.25, 0.3) is 5.88 Å². The summed E-state index contributed by atoms with van der Waals surface area (Å²) in [5, 5.41) is 4.37. The number of ether oxygens (including phenoxy) is 6. The Labute approximate surface area is 346 Å². The molecule has 4 aromatic rings. The van der Waals surface area contributed by atoms with Gasteiger partial charge in [-0.3, -0.25) is 19.4 Å². The lowest BCUT2D eigenvalue weighted by atomic mass is 9.66. The molecule has 0 radical (unpaired) electrons. The molecule has 8 aliphatic rings. The largest absolute Gasteiger partial charge is 0.498 e. The molecule has 310 valence electrons. The molecule has 0 amide bonds. The van der Waals surface area contributed by atoms with Gasteiger partial charge in [0.2, 0.25) is 28.7 Å². The number of carbonyl (C=O) groups is 2. The van der Waals surface area contributed by atoms with Crippen LogP contribution in [0.5, 0.6) is 11.8 Å². The summed E-state index contributed by atoms with van der Waals surface area (Å²) in [7, 11) is 3.17. The van der Waals surface area contributed by atoms with Gasteiger partial charge in [0.05, 0.1) is 37.1 Å². The Morgan fingerprint density at radius 2 is 1.35 bits per heavy atom. The fourth-order valence-electron chi connectivity index (χ4n) is 11.9. The molecule has 14 heteroatoms. The normalized spacial score (nSPS) is 32.6. The molecule has 2 aromatic heterocycles. The molecule has 0 N–H and O–H groups in total. The van der Waals surface area contributed by atoms with E-state index < -0.39 is 17.3 Å². The van der Waals surface area contributed by atoms with Crippen LogP contribution in [0.15, 0.2) is 87.3 Å². The Bertz CT molecular complexity index is 2450. The van der Waals surface area contributed by atoms with Gasteiger partial charge >= 0.3 is 11.6 Å². The van der Waals surface area contributed by atoms with E-state index in [2.05, 4.69) is 15.0 Å². The van der Waals surface area contributed by atoms with Crippen LogP contribution in [0.2, 0.25) is 0 Å². The van der Waals surface area contributed by atoms with Crippen LogP contribution in [0.25, 0.3) is 5.70 Å². The summed E-state index contributed by atoms with van der Waals surface area (Å²) in [6.07, 6.45) is 6.30. The van der Waals surface area contributed by atoms with E-state index in [1.807, 2.05) is 66.7 Å². The van der Waals surface area contributed by atoms with Gasteiger partial charge in [0, 0.05) is 11.8 Å². The Morgan fingerprint density at radius 3 is 2.00 bits per heavy atom. The van der Waals surface area contributed by atoms with Crippen molar-refractivity contribution in [1.82, 2.24) is 15.0 Å². The first-order valence-corrected chi connectivity index (χ1v) is 21.4. The molecule has 8 unspecified atom stereocenters. The summed E-state index contributed by atoms with van der Waals surface area (Å²) in [6, 6.07) is 19.0. The zero-order valence-electron chi connectivity index (χ0n) is 33.7. The second-order valence-corrected chi connectivity index (χ2v) is 17.3. The number of Topliss-reactive ketones (excluding diaryl/α,β-unsaturated/α-hetero) is 2. The Kier molecular flexibility index (Phi) is 8.30. The molecule has 2 aromatic carbocycles. The number of benzene rings is 2. The molecule has 12 rings (SSSR count). The third-order valence-corrected chi connectivity index (χ3v) is 14.3. The van der Waals surface area contributed by atoms with Gasteiger partial charge in [-0.2, -0.15) is 0 Å². The number of hydrogen-bond acceptors (Lipinski definition) is 13. The summed E-state index contributed by atoms with van der Waals surface area (Å²) < 4.78 is 53.9. The second-order valence-electron chi connectivity index (χ2n) is 17.3. The maximum atomic E-state index is 15.4. The fraction of sp³-hybridized carbons (Fsp3) is 0.478. The quantitative estimate of drug-likeness (QED) is 0.170. The maximum absolute atomic E-state index is 15.4. The standard InChI is InChI=1S/C46H47N4O10/c1-53-32-22-28-21-29-36(49-19-11-12-20-49)39-34(41(52)45(29,32)57-28)44(56-25-27-15-7-4-8-16-27)50(60-39)37-31-23-30-35(48-17-9-10-18-48)38-33(40(51)46(30,58-31)42(37)54-2)43(47-59-38)55-24-26-13-5-3-6-14-26/h3-8,13-16,22,28-31,35-36H,9-12,17-21,23-25H2,1-2H3/q+1. The van der Waals surface area contributed by atoms with Gasteiger partial charge in [-0.05, 0) is 87.1 Å². The van der Waals surface area contributed by atoms with Crippen LogP contribution in [0, 0.1) is 11.8 Å². The van der Waals surface area contributed by atoms with Crippen LogP contribution in [-0.4, -0.2) is 90.3 Å². The van der Waals surface area contributed by atoms with Crippen molar-refractivity contribution >= 4 is 17.3 Å². The molecule has 4 saturated heterocycles. The maximum Gasteiger partial charge on any atom is 0.433 e. The first-order chi connectivity index (χ1) is 29.5. The summed E-state index contributed by atoms with van der Waals surface area (Å²) in [5.41, 5.74) is 0.0464. The van der Waals surface area contributed by atoms with Crippen LogP contribution in [0.1, 0.15) is 94.0 Å².